The normalized spacial score (nSPS) is 15.6. The minimum absolute atomic E-state index is 0.250. The van der Waals surface area contributed by atoms with Crippen molar-refractivity contribution in [3.05, 3.63) is 87.5 Å². The summed E-state index contributed by atoms with van der Waals surface area (Å²) < 4.78 is 0. The van der Waals surface area contributed by atoms with Crippen molar-refractivity contribution in [1.29, 1.82) is 0 Å². The number of carbonyl (C=O) groups excluding carboxylic acids is 2. The molecule has 13 heteroatoms. The molecule has 8 rings (SSSR count). The first-order chi connectivity index (χ1) is 24.4. The van der Waals surface area contributed by atoms with Crippen LogP contribution in [0.5, 0.6) is 0 Å². The number of halogens is 1. The molecule has 51 heavy (non-hydrogen) atoms. The number of aliphatic carboxylic acids is 1. The van der Waals surface area contributed by atoms with Crippen molar-refractivity contribution in [3.8, 4) is 0 Å². The number of carboxylic acid groups (broad SMARTS) is 1. The van der Waals surface area contributed by atoms with Gasteiger partial charge in [-0.15, -0.1) is 0 Å². The Labute approximate surface area is 303 Å². The number of benzene rings is 2. The number of ketones is 2. The topological polar surface area (TPSA) is 185 Å². The molecule has 2 aromatic heterocycles. The second kappa shape index (κ2) is 17.2. The third-order valence-corrected chi connectivity index (χ3v) is 8.72. The molecule has 2 aromatic carbocycles. The van der Waals surface area contributed by atoms with Gasteiger partial charge in [0.2, 0.25) is 11.2 Å². The molecule has 268 valence electrons. The fourth-order valence-corrected chi connectivity index (χ4v) is 5.71. The zero-order valence-electron chi connectivity index (χ0n) is 29.3. The van der Waals surface area contributed by atoms with Gasteiger partial charge in [0.1, 0.15) is 11.6 Å². The molecule has 2 saturated carbocycles. The third-order valence-electron chi connectivity index (χ3n) is 8.54. The maximum absolute atomic E-state index is 11.9. The van der Waals surface area contributed by atoms with Crippen molar-refractivity contribution < 1.29 is 19.5 Å². The van der Waals surface area contributed by atoms with Crippen molar-refractivity contribution in [2.24, 2.45) is 0 Å². The van der Waals surface area contributed by atoms with E-state index in [2.05, 4.69) is 35.9 Å². The summed E-state index contributed by atoms with van der Waals surface area (Å²) in [6, 6.07) is 12.6. The average Bonchev–Trinajstić information content (AvgIpc) is 4.03. The van der Waals surface area contributed by atoms with Crippen LogP contribution in [0.1, 0.15) is 101 Å². The van der Waals surface area contributed by atoms with E-state index in [1.165, 1.54) is 25.7 Å². The summed E-state index contributed by atoms with van der Waals surface area (Å²) in [7, 11) is 0. The van der Waals surface area contributed by atoms with Gasteiger partial charge < -0.3 is 26.8 Å². The second-order valence-electron chi connectivity index (χ2n) is 13.2. The number of rotatable bonds is 6. The lowest BCUT2D eigenvalue weighted by molar-refractivity contribution is -0.134. The molecule has 0 atom stereocenters. The third kappa shape index (κ3) is 11.5. The number of carboxylic acids is 1. The standard InChI is InChI=1S/C18H20N4O.C10H11NO.C8H10ClN3.C2H4O2/c1-11-10-19-18(22-17(11)20-13-5-6-13)21-14-7-8-15-12(9-14)3-2-4-16(15)23;11-8-4-5-9-7(6-8)2-1-3-10(9)12;1-5-4-10-8(9)12-7(5)11-6-2-3-6;1-2(3)4/h7-10,13H,2-6H2,1H3,(H2,19,20,21,22);4-6H,1-3,11H2;4,6H,2-3H2,1H3,(H,10,11,12);1H3,(H,3,4). The highest BCUT2D eigenvalue weighted by Crippen LogP contribution is 2.29. The lowest BCUT2D eigenvalue weighted by Crippen LogP contribution is -2.11. The zero-order chi connectivity index (χ0) is 36.5. The first-order valence-corrected chi connectivity index (χ1v) is 17.7. The molecule has 6 N–H and O–H groups in total. The van der Waals surface area contributed by atoms with Gasteiger partial charge in [-0.3, -0.25) is 14.4 Å². The Hall–Kier alpha value is -5.10. The smallest absolute Gasteiger partial charge is 0.300 e. The number of nitrogens with one attached hydrogen (secondary N) is 3. The molecule has 4 aliphatic carbocycles. The Balaban J connectivity index is 0.000000152. The van der Waals surface area contributed by atoms with Crippen molar-refractivity contribution in [3.63, 3.8) is 0 Å². The Morgan fingerprint density at radius 2 is 1.29 bits per heavy atom. The van der Waals surface area contributed by atoms with E-state index in [0.717, 1.165) is 89.0 Å². The Morgan fingerprint density at radius 1 is 0.784 bits per heavy atom. The van der Waals surface area contributed by atoms with E-state index < -0.39 is 5.97 Å². The maximum Gasteiger partial charge on any atom is 0.300 e. The fraction of sp³-hybridized carbons (Fsp3) is 0.395. The number of nitrogen functional groups attached to an aromatic ring is 1. The largest absolute Gasteiger partial charge is 0.481 e. The highest BCUT2D eigenvalue weighted by atomic mass is 35.5. The fourth-order valence-electron chi connectivity index (χ4n) is 5.58. The van der Waals surface area contributed by atoms with E-state index in [9.17, 15) is 9.59 Å². The summed E-state index contributed by atoms with van der Waals surface area (Å²) in [6.45, 7) is 5.07. The van der Waals surface area contributed by atoms with Crippen LogP contribution in [0.2, 0.25) is 5.28 Å². The zero-order valence-corrected chi connectivity index (χ0v) is 30.0. The lowest BCUT2D eigenvalue weighted by atomic mass is 9.90. The first kappa shape index (κ1) is 37.2. The highest BCUT2D eigenvalue weighted by molar-refractivity contribution is 6.28. The Kier molecular flexibility index (Phi) is 12.5. The van der Waals surface area contributed by atoms with Gasteiger partial charge in [-0.25, -0.2) is 15.0 Å². The molecule has 2 heterocycles. The van der Waals surface area contributed by atoms with Gasteiger partial charge in [-0.2, -0.15) is 4.98 Å². The average molecular weight is 713 g/mol. The molecule has 0 bridgehead atoms. The molecule has 0 unspecified atom stereocenters. The van der Waals surface area contributed by atoms with Crippen LogP contribution in [0.4, 0.5) is 29.0 Å². The Morgan fingerprint density at radius 3 is 1.86 bits per heavy atom. The monoisotopic (exact) mass is 712 g/mol. The summed E-state index contributed by atoms with van der Waals surface area (Å²) in [5.41, 5.74) is 13.4. The molecule has 2 fully saturated rings. The molecule has 4 aliphatic rings. The lowest BCUT2D eigenvalue weighted by Gasteiger charge is -2.16. The number of nitrogens with two attached hydrogens (primary N) is 1. The van der Waals surface area contributed by atoms with E-state index in [4.69, 9.17) is 27.2 Å². The molecule has 0 aliphatic heterocycles. The molecular weight excluding hydrogens is 668 g/mol. The highest BCUT2D eigenvalue weighted by Gasteiger charge is 2.23. The number of fused-ring (bicyclic) bond motifs is 2. The molecule has 12 nitrogen and oxygen atoms in total. The summed E-state index contributed by atoms with van der Waals surface area (Å²) in [4.78, 5) is 49.2. The number of Topliss-reactive ketones (excluding diaryl/α,β-unsaturated/α-hetero) is 2. The number of anilines is 5. The molecule has 0 spiro atoms. The number of hydrogen-bond acceptors (Lipinski definition) is 11. The van der Waals surface area contributed by atoms with Crippen LogP contribution in [0, 0.1) is 13.8 Å². The number of aryl methyl sites for hydroxylation is 4. The van der Waals surface area contributed by atoms with Crippen LogP contribution in [0.25, 0.3) is 0 Å². The van der Waals surface area contributed by atoms with Crippen molar-refractivity contribution in [1.82, 2.24) is 19.9 Å². The molecule has 4 aromatic rings. The van der Waals surface area contributed by atoms with Gasteiger partial charge in [0.05, 0.1) is 0 Å². The van der Waals surface area contributed by atoms with E-state index in [-0.39, 0.29) is 11.6 Å². The Bertz CT molecular complexity index is 1890. The molecule has 0 saturated heterocycles. The van der Waals surface area contributed by atoms with Crippen LogP contribution in [-0.4, -0.2) is 54.7 Å². The van der Waals surface area contributed by atoms with E-state index in [1.807, 2.05) is 50.4 Å². The summed E-state index contributed by atoms with van der Waals surface area (Å²) in [6.07, 6.45) is 13.7. The first-order valence-electron chi connectivity index (χ1n) is 17.3. The predicted molar refractivity (Wildman–Crippen MR) is 200 cm³/mol. The number of hydrogen-bond donors (Lipinski definition) is 5. The van der Waals surface area contributed by atoms with Gasteiger partial charge in [0.25, 0.3) is 5.97 Å². The van der Waals surface area contributed by atoms with E-state index in [0.29, 0.717) is 36.2 Å². The SMILES string of the molecule is CC(=O)O.Cc1cnc(Cl)nc1NC1CC1.Cc1cnc(Nc2ccc3c(c2)CCCC3=O)nc1NC1CC1.Nc1ccc2c(c1)CCCC2=O. The molecule has 0 radical (unpaired) electrons. The summed E-state index contributed by atoms with van der Waals surface area (Å²) >= 11 is 5.66. The van der Waals surface area contributed by atoms with Crippen LogP contribution < -0.4 is 21.7 Å². The number of aromatic nitrogens is 4. The van der Waals surface area contributed by atoms with Crippen LogP contribution in [0.3, 0.4) is 0 Å². The van der Waals surface area contributed by atoms with Gasteiger partial charge >= 0.3 is 0 Å². The summed E-state index contributed by atoms with van der Waals surface area (Å²) in [5.74, 6) is 2.04. The van der Waals surface area contributed by atoms with Crippen LogP contribution in [-0.2, 0) is 17.6 Å². The second-order valence-corrected chi connectivity index (χ2v) is 13.6. The van der Waals surface area contributed by atoms with Crippen molar-refractivity contribution in [2.45, 2.75) is 97.1 Å². The van der Waals surface area contributed by atoms with Crippen molar-refractivity contribution >= 4 is 58.1 Å². The minimum atomic E-state index is -0.833. The van der Waals surface area contributed by atoms with E-state index in [1.54, 1.807) is 12.3 Å². The quantitative estimate of drug-likeness (QED) is 0.0980. The van der Waals surface area contributed by atoms with Gasteiger partial charge in [0.15, 0.2) is 11.6 Å². The van der Waals surface area contributed by atoms with E-state index >= 15 is 0 Å². The molecule has 0 amide bonds. The summed E-state index contributed by atoms with van der Waals surface area (Å²) in [5, 5.41) is 17.7. The van der Waals surface area contributed by atoms with Gasteiger partial charge in [0, 0.05) is 77.9 Å². The van der Waals surface area contributed by atoms with Crippen LogP contribution in [0.15, 0.2) is 48.8 Å². The van der Waals surface area contributed by atoms with Gasteiger partial charge in [-0.05, 0) is 124 Å². The minimum Gasteiger partial charge on any atom is -0.481 e. The molecular formula is C38H45ClN8O4. The maximum atomic E-state index is 11.9. The number of nitrogens with zero attached hydrogens (tertiary/aromatic N) is 4. The number of carbonyl (C=O) groups is 3. The van der Waals surface area contributed by atoms with Crippen molar-refractivity contribution in [2.75, 3.05) is 21.7 Å². The van der Waals surface area contributed by atoms with Crippen LogP contribution >= 0.6 is 11.6 Å². The predicted octanol–water partition coefficient (Wildman–Crippen LogP) is 7.51. The van der Waals surface area contributed by atoms with Gasteiger partial charge in [-0.1, -0.05) is 0 Å².